The molecular weight excluding hydrogens is 260 g/mol. The first-order valence-electron chi connectivity index (χ1n) is 8.34. The molecule has 1 fully saturated rings. The zero-order chi connectivity index (χ0) is 15.1. The van der Waals surface area contributed by atoms with E-state index in [1.54, 1.807) is 7.11 Å². The number of likely N-dealkylation sites (N-methyl/N-ethyl adjacent to an activating group) is 1. The minimum Gasteiger partial charge on any atom is -0.380 e. The van der Waals surface area contributed by atoms with E-state index in [1.807, 2.05) is 0 Å². The Morgan fingerprint density at radius 3 is 2.57 bits per heavy atom. The molecule has 0 spiro atoms. The van der Waals surface area contributed by atoms with Crippen LogP contribution in [-0.4, -0.2) is 31.1 Å². The Balaban J connectivity index is 2.23. The first-order valence-corrected chi connectivity index (χ1v) is 8.34. The molecular formula is C18H30N2O. The summed E-state index contributed by atoms with van der Waals surface area (Å²) in [5.41, 5.74) is 8.78. The molecule has 1 atom stereocenters. The molecule has 1 aromatic carbocycles. The molecule has 21 heavy (non-hydrogen) atoms. The average molecular weight is 290 g/mol. The van der Waals surface area contributed by atoms with Gasteiger partial charge >= 0.3 is 0 Å². The maximum absolute atomic E-state index is 6.17. The molecule has 3 nitrogen and oxygen atoms in total. The third-order valence-corrected chi connectivity index (χ3v) is 4.75. The van der Waals surface area contributed by atoms with Gasteiger partial charge in [0.25, 0.3) is 0 Å². The highest BCUT2D eigenvalue weighted by Gasteiger charge is 2.27. The lowest BCUT2D eigenvalue weighted by Crippen LogP contribution is -2.42. The van der Waals surface area contributed by atoms with Gasteiger partial charge in [0.15, 0.2) is 0 Å². The summed E-state index contributed by atoms with van der Waals surface area (Å²) in [5, 5.41) is 0. The first-order chi connectivity index (χ1) is 10.3. The lowest BCUT2D eigenvalue weighted by Gasteiger charge is -2.39. The first kappa shape index (κ1) is 16.5. The number of ether oxygens (including phenoxy) is 1. The van der Waals surface area contributed by atoms with Crippen LogP contribution in [0.5, 0.6) is 0 Å². The van der Waals surface area contributed by atoms with Crippen molar-refractivity contribution < 1.29 is 4.74 Å². The van der Waals surface area contributed by atoms with E-state index in [-0.39, 0.29) is 0 Å². The van der Waals surface area contributed by atoms with Gasteiger partial charge < -0.3 is 10.5 Å². The summed E-state index contributed by atoms with van der Waals surface area (Å²) in [5.74, 6) is 0. The number of hydrogen-bond donors (Lipinski definition) is 1. The molecule has 0 radical (unpaired) electrons. The van der Waals surface area contributed by atoms with Gasteiger partial charge in [-0.3, -0.25) is 4.90 Å². The second-order valence-corrected chi connectivity index (χ2v) is 6.01. The molecule has 0 aromatic heterocycles. The van der Waals surface area contributed by atoms with Crippen LogP contribution in [-0.2, 0) is 11.3 Å². The van der Waals surface area contributed by atoms with Crippen LogP contribution in [0.3, 0.4) is 0 Å². The summed E-state index contributed by atoms with van der Waals surface area (Å²) in [7, 11) is 1.76. The van der Waals surface area contributed by atoms with Gasteiger partial charge in [0.2, 0.25) is 0 Å². The Morgan fingerprint density at radius 1 is 1.24 bits per heavy atom. The lowest BCUT2D eigenvalue weighted by molar-refractivity contribution is 0.111. The van der Waals surface area contributed by atoms with Crippen molar-refractivity contribution in [3.8, 4) is 0 Å². The van der Waals surface area contributed by atoms with Crippen molar-refractivity contribution in [3.63, 3.8) is 0 Å². The molecule has 0 heterocycles. The summed E-state index contributed by atoms with van der Waals surface area (Å²) < 4.78 is 5.36. The van der Waals surface area contributed by atoms with Crippen LogP contribution < -0.4 is 5.73 Å². The second kappa shape index (κ2) is 8.52. The van der Waals surface area contributed by atoms with Crippen LogP contribution in [0.2, 0.25) is 0 Å². The fourth-order valence-electron chi connectivity index (χ4n) is 3.73. The number of nitrogens with two attached hydrogens (primary N) is 1. The number of nitrogens with zero attached hydrogens (tertiary/aromatic N) is 1. The monoisotopic (exact) mass is 290 g/mol. The maximum atomic E-state index is 6.17. The zero-order valence-electron chi connectivity index (χ0n) is 13.6. The topological polar surface area (TPSA) is 38.5 Å². The van der Waals surface area contributed by atoms with Crippen LogP contribution in [0.4, 0.5) is 0 Å². The fourth-order valence-corrected chi connectivity index (χ4v) is 3.73. The van der Waals surface area contributed by atoms with Crippen LogP contribution >= 0.6 is 0 Å². The van der Waals surface area contributed by atoms with Crippen molar-refractivity contribution in [1.29, 1.82) is 0 Å². The van der Waals surface area contributed by atoms with E-state index in [0.717, 1.165) is 6.54 Å². The van der Waals surface area contributed by atoms with E-state index in [2.05, 4.69) is 36.1 Å². The fraction of sp³-hybridized carbons (Fsp3) is 0.667. The summed E-state index contributed by atoms with van der Waals surface area (Å²) in [6.07, 6.45) is 6.74. The molecule has 3 heteroatoms. The molecule has 1 saturated carbocycles. The zero-order valence-corrected chi connectivity index (χ0v) is 13.6. The van der Waals surface area contributed by atoms with Crippen LogP contribution in [0, 0.1) is 0 Å². The number of hydrogen-bond acceptors (Lipinski definition) is 3. The quantitative estimate of drug-likeness (QED) is 0.835. The molecule has 1 aromatic rings. The van der Waals surface area contributed by atoms with Crippen LogP contribution in [0.1, 0.15) is 56.2 Å². The lowest BCUT2D eigenvalue weighted by atomic mass is 9.91. The van der Waals surface area contributed by atoms with Crippen molar-refractivity contribution in [2.24, 2.45) is 5.73 Å². The minimum absolute atomic E-state index is 0.310. The number of methoxy groups -OCH3 is 1. The maximum Gasteiger partial charge on any atom is 0.0716 e. The Kier molecular flexibility index (Phi) is 6.68. The van der Waals surface area contributed by atoms with Crippen molar-refractivity contribution in [1.82, 2.24) is 4.90 Å². The van der Waals surface area contributed by atoms with E-state index in [1.165, 1.54) is 43.2 Å². The third kappa shape index (κ3) is 4.06. The standard InChI is InChI=1S/C18H30N2O/c1-3-20(16-10-5-4-6-11-16)18(13-19)17-12-8-7-9-15(17)14-21-2/h7-9,12,16,18H,3-6,10-11,13-14,19H2,1-2H3. The third-order valence-electron chi connectivity index (χ3n) is 4.75. The predicted molar refractivity (Wildman–Crippen MR) is 88.2 cm³/mol. The smallest absolute Gasteiger partial charge is 0.0716 e. The molecule has 0 bridgehead atoms. The highest BCUT2D eigenvalue weighted by molar-refractivity contribution is 5.30. The van der Waals surface area contributed by atoms with Gasteiger partial charge in [0.05, 0.1) is 6.61 Å². The molecule has 1 aliphatic rings. The molecule has 1 aliphatic carbocycles. The van der Waals surface area contributed by atoms with E-state index in [4.69, 9.17) is 10.5 Å². The Labute approximate surface area is 129 Å². The van der Waals surface area contributed by atoms with E-state index >= 15 is 0 Å². The highest BCUT2D eigenvalue weighted by atomic mass is 16.5. The molecule has 1 unspecified atom stereocenters. The minimum atomic E-state index is 0.310. The highest BCUT2D eigenvalue weighted by Crippen LogP contribution is 2.31. The Bertz CT molecular complexity index is 415. The van der Waals surface area contributed by atoms with Gasteiger partial charge in [-0.2, -0.15) is 0 Å². The largest absolute Gasteiger partial charge is 0.380 e. The van der Waals surface area contributed by atoms with Crippen molar-refractivity contribution in [3.05, 3.63) is 35.4 Å². The summed E-state index contributed by atoms with van der Waals surface area (Å²) in [4.78, 5) is 2.62. The van der Waals surface area contributed by atoms with Crippen molar-refractivity contribution >= 4 is 0 Å². The predicted octanol–water partition coefficient (Wildman–Crippen LogP) is 3.49. The van der Waals surface area contributed by atoms with Gasteiger partial charge in [-0.1, -0.05) is 50.5 Å². The second-order valence-electron chi connectivity index (χ2n) is 6.01. The Hall–Kier alpha value is -0.900. The van der Waals surface area contributed by atoms with Crippen LogP contribution in [0.15, 0.2) is 24.3 Å². The van der Waals surface area contributed by atoms with Gasteiger partial charge in [0, 0.05) is 25.7 Å². The normalized spacial score (nSPS) is 18.1. The molecule has 118 valence electrons. The summed E-state index contributed by atoms with van der Waals surface area (Å²) >= 11 is 0. The van der Waals surface area contributed by atoms with Gasteiger partial charge in [-0.05, 0) is 30.5 Å². The van der Waals surface area contributed by atoms with Gasteiger partial charge in [0.1, 0.15) is 0 Å². The van der Waals surface area contributed by atoms with Crippen molar-refractivity contribution in [2.45, 2.75) is 57.7 Å². The van der Waals surface area contributed by atoms with E-state index in [9.17, 15) is 0 Å². The SMILES string of the molecule is CCN(C1CCCCC1)C(CN)c1ccccc1COC. The molecule has 0 amide bonds. The van der Waals surface area contributed by atoms with E-state index in [0.29, 0.717) is 25.2 Å². The Morgan fingerprint density at radius 2 is 1.95 bits per heavy atom. The van der Waals surface area contributed by atoms with Crippen LogP contribution in [0.25, 0.3) is 0 Å². The van der Waals surface area contributed by atoms with E-state index < -0.39 is 0 Å². The molecule has 0 saturated heterocycles. The number of benzene rings is 1. The van der Waals surface area contributed by atoms with Gasteiger partial charge in [-0.25, -0.2) is 0 Å². The number of rotatable bonds is 7. The molecule has 2 N–H and O–H groups in total. The summed E-state index contributed by atoms with van der Waals surface area (Å²) in [6.45, 7) is 4.66. The van der Waals surface area contributed by atoms with Gasteiger partial charge in [-0.15, -0.1) is 0 Å². The average Bonchev–Trinajstić information content (AvgIpc) is 2.54. The summed E-state index contributed by atoms with van der Waals surface area (Å²) in [6, 6.07) is 9.58. The molecule has 0 aliphatic heterocycles. The molecule has 2 rings (SSSR count). The van der Waals surface area contributed by atoms with Crippen molar-refractivity contribution in [2.75, 3.05) is 20.2 Å².